The van der Waals surface area contributed by atoms with Crippen molar-refractivity contribution >= 4 is 11.8 Å². The molecule has 21 heavy (non-hydrogen) atoms. The lowest BCUT2D eigenvalue weighted by molar-refractivity contribution is -0.137. The van der Waals surface area contributed by atoms with Gasteiger partial charge in [0.05, 0.1) is 0 Å². The molecule has 1 saturated heterocycles. The van der Waals surface area contributed by atoms with E-state index in [1.54, 1.807) is 22.8 Å². The second-order valence-electron chi connectivity index (χ2n) is 5.51. The van der Waals surface area contributed by atoms with Gasteiger partial charge in [0, 0.05) is 45.5 Å². The first-order valence-corrected chi connectivity index (χ1v) is 7.65. The number of piperidine rings is 1. The van der Waals surface area contributed by atoms with Crippen molar-refractivity contribution in [3.8, 4) is 0 Å². The first-order chi connectivity index (χ1) is 10.1. The number of carbonyl (C=O) groups is 2. The minimum atomic E-state index is -0.262. The predicted molar refractivity (Wildman–Crippen MR) is 79.6 cm³/mol. The lowest BCUT2D eigenvalue weighted by Crippen LogP contribution is -2.43. The van der Waals surface area contributed by atoms with Gasteiger partial charge in [-0.2, -0.15) is 5.10 Å². The van der Waals surface area contributed by atoms with Crippen molar-refractivity contribution in [1.29, 1.82) is 0 Å². The van der Waals surface area contributed by atoms with Crippen molar-refractivity contribution in [2.45, 2.75) is 38.6 Å². The van der Waals surface area contributed by atoms with Crippen molar-refractivity contribution in [3.63, 3.8) is 0 Å². The summed E-state index contributed by atoms with van der Waals surface area (Å²) in [7, 11) is 1.79. The standard InChI is InChI=1S/C15H24N4O2/c1-3-13(19-10-6-8-16-19)15(21)17(2)11-12-18-9-5-4-7-14(18)20/h6,8,10,13H,3-5,7,9,11-12H2,1-2H3. The van der Waals surface area contributed by atoms with Crippen LogP contribution >= 0.6 is 0 Å². The molecule has 1 aromatic rings. The van der Waals surface area contributed by atoms with Crippen LogP contribution in [0.4, 0.5) is 0 Å². The Bertz CT molecular complexity index is 472. The molecule has 0 spiro atoms. The molecule has 0 radical (unpaired) electrons. The van der Waals surface area contributed by atoms with Gasteiger partial charge in [0.1, 0.15) is 6.04 Å². The summed E-state index contributed by atoms with van der Waals surface area (Å²) in [4.78, 5) is 27.8. The van der Waals surface area contributed by atoms with Gasteiger partial charge in [-0.3, -0.25) is 14.3 Å². The maximum atomic E-state index is 12.5. The van der Waals surface area contributed by atoms with Crippen molar-refractivity contribution in [2.24, 2.45) is 0 Å². The third-order valence-electron chi connectivity index (χ3n) is 4.02. The van der Waals surface area contributed by atoms with Crippen LogP contribution < -0.4 is 0 Å². The molecule has 116 valence electrons. The number of carbonyl (C=O) groups excluding carboxylic acids is 2. The topological polar surface area (TPSA) is 58.4 Å². The van der Waals surface area contributed by atoms with E-state index in [0.29, 0.717) is 25.9 Å². The Morgan fingerprint density at radius 1 is 1.48 bits per heavy atom. The second kappa shape index (κ2) is 7.24. The first-order valence-electron chi connectivity index (χ1n) is 7.65. The monoisotopic (exact) mass is 292 g/mol. The van der Waals surface area contributed by atoms with Crippen LogP contribution in [0.5, 0.6) is 0 Å². The molecular weight excluding hydrogens is 268 g/mol. The van der Waals surface area contributed by atoms with E-state index < -0.39 is 0 Å². The van der Waals surface area contributed by atoms with Gasteiger partial charge in [-0.15, -0.1) is 0 Å². The summed E-state index contributed by atoms with van der Waals surface area (Å²) in [5.41, 5.74) is 0. The highest BCUT2D eigenvalue weighted by Gasteiger charge is 2.24. The highest BCUT2D eigenvalue weighted by atomic mass is 16.2. The smallest absolute Gasteiger partial charge is 0.247 e. The van der Waals surface area contributed by atoms with Gasteiger partial charge in [-0.05, 0) is 25.3 Å². The number of nitrogens with zero attached hydrogens (tertiary/aromatic N) is 4. The van der Waals surface area contributed by atoms with Gasteiger partial charge in [-0.1, -0.05) is 6.92 Å². The van der Waals surface area contributed by atoms with Crippen LogP contribution in [0, 0.1) is 0 Å². The molecule has 1 unspecified atom stereocenters. The molecule has 0 aliphatic carbocycles. The molecule has 1 aliphatic heterocycles. The van der Waals surface area contributed by atoms with E-state index in [1.165, 1.54) is 0 Å². The Kier molecular flexibility index (Phi) is 5.36. The van der Waals surface area contributed by atoms with Crippen molar-refractivity contribution in [3.05, 3.63) is 18.5 Å². The number of hydrogen-bond donors (Lipinski definition) is 0. The van der Waals surface area contributed by atoms with Gasteiger partial charge in [0.25, 0.3) is 0 Å². The van der Waals surface area contributed by atoms with Crippen LogP contribution in [0.15, 0.2) is 18.5 Å². The Labute approximate surface area is 125 Å². The summed E-state index contributed by atoms with van der Waals surface area (Å²) in [5, 5.41) is 4.16. The molecule has 2 rings (SSSR count). The minimum Gasteiger partial charge on any atom is -0.342 e. The third kappa shape index (κ3) is 3.83. The van der Waals surface area contributed by atoms with Crippen LogP contribution in [0.2, 0.25) is 0 Å². The van der Waals surface area contributed by atoms with Gasteiger partial charge in [0.15, 0.2) is 0 Å². The van der Waals surface area contributed by atoms with Gasteiger partial charge < -0.3 is 9.80 Å². The van der Waals surface area contributed by atoms with Crippen LogP contribution in [-0.2, 0) is 9.59 Å². The number of amides is 2. The molecule has 2 heterocycles. The first kappa shape index (κ1) is 15.5. The van der Waals surface area contributed by atoms with E-state index in [9.17, 15) is 9.59 Å². The molecule has 2 amide bonds. The number of rotatable bonds is 6. The maximum absolute atomic E-state index is 12.5. The molecule has 0 saturated carbocycles. The fraction of sp³-hybridized carbons (Fsp3) is 0.667. The lowest BCUT2D eigenvalue weighted by Gasteiger charge is -2.30. The molecule has 1 fully saturated rings. The maximum Gasteiger partial charge on any atom is 0.247 e. The summed E-state index contributed by atoms with van der Waals surface area (Å²) in [6.45, 7) is 3.99. The Morgan fingerprint density at radius 2 is 2.29 bits per heavy atom. The second-order valence-corrected chi connectivity index (χ2v) is 5.51. The summed E-state index contributed by atoms with van der Waals surface area (Å²) < 4.78 is 1.70. The fourth-order valence-electron chi connectivity index (χ4n) is 2.67. The molecule has 0 N–H and O–H groups in total. The van der Waals surface area contributed by atoms with Crippen LogP contribution in [0.1, 0.15) is 38.6 Å². The molecule has 1 aliphatic rings. The number of aromatic nitrogens is 2. The molecule has 1 atom stereocenters. The molecule has 0 bridgehead atoms. The predicted octanol–water partition coefficient (Wildman–Crippen LogP) is 1.31. The van der Waals surface area contributed by atoms with Crippen LogP contribution in [0.25, 0.3) is 0 Å². The molecule has 6 nitrogen and oxygen atoms in total. The zero-order valence-electron chi connectivity index (χ0n) is 12.9. The molecule has 6 heteroatoms. The average Bonchev–Trinajstić information content (AvgIpc) is 3.01. The molecule has 1 aromatic heterocycles. The normalized spacial score (nSPS) is 16.9. The van der Waals surface area contributed by atoms with E-state index in [2.05, 4.69) is 5.10 Å². The van der Waals surface area contributed by atoms with E-state index in [-0.39, 0.29) is 17.9 Å². The number of likely N-dealkylation sites (N-methyl/N-ethyl adjacent to an activating group) is 1. The minimum absolute atomic E-state index is 0.0469. The van der Waals surface area contributed by atoms with Crippen LogP contribution in [0.3, 0.4) is 0 Å². The highest BCUT2D eigenvalue weighted by Crippen LogP contribution is 2.14. The lowest BCUT2D eigenvalue weighted by atomic mass is 10.1. The molecular formula is C15H24N4O2. The zero-order chi connectivity index (χ0) is 15.2. The quantitative estimate of drug-likeness (QED) is 0.794. The zero-order valence-corrected chi connectivity index (χ0v) is 12.9. The summed E-state index contributed by atoms with van der Waals surface area (Å²) in [5.74, 6) is 0.256. The van der Waals surface area contributed by atoms with Gasteiger partial charge >= 0.3 is 0 Å². The number of hydrogen-bond acceptors (Lipinski definition) is 3. The van der Waals surface area contributed by atoms with Crippen LogP contribution in [-0.4, -0.2) is 58.1 Å². The van der Waals surface area contributed by atoms with Crippen molar-refractivity contribution in [1.82, 2.24) is 19.6 Å². The highest BCUT2D eigenvalue weighted by molar-refractivity contribution is 5.80. The average molecular weight is 292 g/mol. The Hall–Kier alpha value is -1.85. The summed E-state index contributed by atoms with van der Waals surface area (Å²) >= 11 is 0. The van der Waals surface area contributed by atoms with E-state index in [4.69, 9.17) is 0 Å². The largest absolute Gasteiger partial charge is 0.342 e. The van der Waals surface area contributed by atoms with Gasteiger partial charge in [0.2, 0.25) is 11.8 Å². The summed E-state index contributed by atoms with van der Waals surface area (Å²) in [6.07, 6.45) is 6.89. The number of likely N-dealkylation sites (tertiary alicyclic amines) is 1. The van der Waals surface area contributed by atoms with E-state index in [0.717, 1.165) is 19.4 Å². The third-order valence-corrected chi connectivity index (χ3v) is 4.02. The summed E-state index contributed by atoms with van der Waals surface area (Å²) in [6, 6.07) is 1.56. The van der Waals surface area contributed by atoms with Crippen molar-refractivity contribution in [2.75, 3.05) is 26.7 Å². The Morgan fingerprint density at radius 3 is 2.90 bits per heavy atom. The Balaban J connectivity index is 1.88. The van der Waals surface area contributed by atoms with E-state index >= 15 is 0 Å². The SMILES string of the molecule is CCC(C(=O)N(C)CCN1CCCCC1=O)n1cccn1. The van der Waals surface area contributed by atoms with Gasteiger partial charge in [-0.25, -0.2) is 0 Å². The fourth-order valence-corrected chi connectivity index (χ4v) is 2.67. The van der Waals surface area contributed by atoms with E-state index in [1.807, 2.05) is 24.1 Å². The van der Waals surface area contributed by atoms with Crippen molar-refractivity contribution < 1.29 is 9.59 Å². The molecule has 0 aromatic carbocycles.